The summed E-state index contributed by atoms with van der Waals surface area (Å²) in [6.45, 7) is -1.31. The first-order valence-corrected chi connectivity index (χ1v) is 6.74. The van der Waals surface area contributed by atoms with Gasteiger partial charge < -0.3 is 19.6 Å². The average Bonchev–Trinajstić information content (AvgIpc) is 2.66. The first-order valence-electron chi connectivity index (χ1n) is 6.74. The van der Waals surface area contributed by atoms with E-state index in [-0.39, 0.29) is 31.0 Å². The maximum atomic E-state index is 12.4. The number of carbonyl (C=O) groups is 2. The Bertz CT molecular complexity index is 619. The molecule has 0 radical (unpaired) electrons. The van der Waals surface area contributed by atoms with Crippen molar-refractivity contribution in [1.82, 2.24) is 9.80 Å². The van der Waals surface area contributed by atoms with Gasteiger partial charge in [0.2, 0.25) is 0 Å². The third-order valence-corrected chi connectivity index (χ3v) is 3.31. The molecule has 0 unspecified atom stereocenters. The molecule has 1 aliphatic heterocycles. The summed E-state index contributed by atoms with van der Waals surface area (Å²) in [6, 6.07) is 3.66. The highest BCUT2D eigenvalue weighted by atomic mass is 19.4. The lowest BCUT2D eigenvalue weighted by Gasteiger charge is -2.27. The van der Waals surface area contributed by atoms with Crippen LogP contribution in [0.2, 0.25) is 0 Å². The van der Waals surface area contributed by atoms with Crippen LogP contribution in [0.1, 0.15) is 15.9 Å². The Hall–Kier alpha value is -2.45. The number of carboxylic acid groups (broad SMARTS) is 1. The molecule has 1 aromatic rings. The Balaban J connectivity index is 2.20. The number of hydrogen-bond donors (Lipinski definition) is 1. The second-order valence-corrected chi connectivity index (χ2v) is 5.12. The van der Waals surface area contributed by atoms with Crippen molar-refractivity contribution in [1.29, 1.82) is 0 Å². The van der Waals surface area contributed by atoms with Crippen molar-refractivity contribution in [3.05, 3.63) is 29.3 Å². The molecule has 1 N–H and O–H groups in total. The van der Waals surface area contributed by atoms with E-state index in [1.165, 1.54) is 17.0 Å². The highest BCUT2D eigenvalue weighted by Gasteiger charge is 2.33. The quantitative estimate of drug-likeness (QED) is 0.901. The molecule has 0 saturated carbocycles. The van der Waals surface area contributed by atoms with Crippen molar-refractivity contribution in [2.75, 3.05) is 26.7 Å². The second kappa shape index (κ2) is 6.35. The third-order valence-electron chi connectivity index (χ3n) is 3.31. The molecule has 126 valence electrons. The molecule has 1 aromatic carbocycles. The molecule has 0 atom stereocenters. The summed E-state index contributed by atoms with van der Waals surface area (Å²) in [5, 5.41) is 9.13. The zero-order chi connectivity index (χ0) is 17.2. The largest absolute Gasteiger partial charge is 0.490 e. The van der Waals surface area contributed by atoms with Crippen molar-refractivity contribution in [3.63, 3.8) is 0 Å². The number of rotatable bonds is 2. The SMILES string of the molecule is CN(CC(F)(F)F)C(=O)N1CCOc2c(cccc2C(=O)O)C1. The lowest BCUT2D eigenvalue weighted by atomic mass is 10.1. The smallest absolute Gasteiger partial charge is 0.406 e. The highest BCUT2D eigenvalue weighted by molar-refractivity contribution is 5.91. The molecule has 1 aliphatic rings. The minimum atomic E-state index is -4.48. The van der Waals surface area contributed by atoms with Crippen molar-refractivity contribution < 1.29 is 32.6 Å². The van der Waals surface area contributed by atoms with Crippen LogP contribution in [-0.2, 0) is 6.54 Å². The van der Waals surface area contributed by atoms with Gasteiger partial charge in [-0.15, -0.1) is 0 Å². The fraction of sp³-hybridized carbons (Fsp3) is 0.429. The molecule has 2 rings (SSSR count). The van der Waals surface area contributed by atoms with Crippen LogP contribution in [0.3, 0.4) is 0 Å². The van der Waals surface area contributed by atoms with Crippen LogP contribution in [0.4, 0.5) is 18.0 Å². The van der Waals surface area contributed by atoms with Gasteiger partial charge in [0, 0.05) is 12.6 Å². The van der Waals surface area contributed by atoms with Crippen LogP contribution in [-0.4, -0.2) is 59.8 Å². The number of alkyl halides is 3. The number of urea groups is 1. The van der Waals surface area contributed by atoms with Gasteiger partial charge >= 0.3 is 18.2 Å². The van der Waals surface area contributed by atoms with Crippen molar-refractivity contribution in [2.45, 2.75) is 12.7 Å². The van der Waals surface area contributed by atoms with E-state index in [1.54, 1.807) is 6.07 Å². The van der Waals surface area contributed by atoms with Gasteiger partial charge in [0.15, 0.2) is 0 Å². The molecule has 9 heteroatoms. The van der Waals surface area contributed by atoms with Crippen molar-refractivity contribution in [3.8, 4) is 5.75 Å². The summed E-state index contributed by atoms with van der Waals surface area (Å²) in [7, 11) is 1.07. The average molecular weight is 332 g/mol. The summed E-state index contributed by atoms with van der Waals surface area (Å²) in [5.41, 5.74) is 0.400. The standard InChI is InChI=1S/C14H15F3N2O4/c1-18(8-14(15,16)17)13(22)19-5-6-23-11-9(7-19)3-2-4-10(11)12(20)21/h2-4H,5-8H2,1H3,(H,20,21). The molecule has 1 heterocycles. The lowest BCUT2D eigenvalue weighted by Crippen LogP contribution is -2.45. The van der Waals surface area contributed by atoms with Crippen molar-refractivity contribution >= 4 is 12.0 Å². The fourth-order valence-electron chi connectivity index (χ4n) is 2.33. The Morgan fingerprint density at radius 1 is 1.39 bits per heavy atom. The summed E-state index contributed by atoms with van der Waals surface area (Å²) >= 11 is 0. The second-order valence-electron chi connectivity index (χ2n) is 5.12. The first-order chi connectivity index (χ1) is 10.7. The molecule has 6 nitrogen and oxygen atoms in total. The molecular formula is C14H15F3N2O4. The summed E-state index contributed by atoms with van der Waals surface area (Å²) in [6.07, 6.45) is -4.48. The van der Waals surface area contributed by atoms with E-state index in [0.29, 0.717) is 10.5 Å². The van der Waals surface area contributed by atoms with Crippen LogP contribution in [0, 0.1) is 0 Å². The number of hydrogen-bond acceptors (Lipinski definition) is 3. The predicted octanol–water partition coefficient (Wildman–Crippen LogP) is 2.19. The zero-order valence-corrected chi connectivity index (χ0v) is 12.3. The van der Waals surface area contributed by atoms with E-state index in [0.717, 1.165) is 7.05 Å². The predicted molar refractivity (Wildman–Crippen MR) is 73.4 cm³/mol. The Labute approximate surface area is 130 Å². The molecule has 23 heavy (non-hydrogen) atoms. The topological polar surface area (TPSA) is 70.1 Å². The molecule has 0 fully saturated rings. The van der Waals surface area contributed by atoms with Gasteiger partial charge in [0.25, 0.3) is 0 Å². The molecule has 0 bridgehead atoms. The van der Waals surface area contributed by atoms with Crippen molar-refractivity contribution in [2.24, 2.45) is 0 Å². The van der Waals surface area contributed by atoms with Crippen LogP contribution in [0.15, 0.2) is 18.2 Å². The maximum Gasteiger partial charge on any atom is 0.406 e. The number of fused-ring (bicyclic) bond motifs is 1. The lowest BCUT2D eigenvalue weighted by molar-refractivity contribution is -0.138. The summed E-state index contributed by atoms with van der Waals surface area (Å²) in [5.74, 6) is -1.02. The van der Waals surface area contributed by atoms with E-state index in [1.807, 2.05) is 0 Å². The first kappa shape index (κ1) is 16.9. The number of halogens is 3. The van der Waals surface area contributed by atoms with Gasteiger partial charge in [-0.25, -0.2) is 9.59 Å². The number of benzene rings is 1. The van der Waals surface area contributed by atoms with Gasteiger partial charge in [-0.2, -0.15) is 13.2 Å². The highest BCUT2D eigenvalue weighted by Crippen LogP contribution is 2.28. The van der Waals surface area contributed by atoms with Gasteiger partial charge in [0.05, 0.1) is 13.1 Å². The van der Waals surface area contributed by atoms with E-state index in [2.05, 4.69) is 0 Å². The minimum absolute atomic E-state index is 0.00287. The third kappa shape index (κ3) is 4.05. The molecule has 0 aliphatic carbocycles. The maximum absolute atomic E-state index is 12.4. The van der Waals surface area contributed by atoms with Gasteiger partial charge in [-0.1, -0.05) is 12.1 Å². The van der Waals surface area contributed by atoms with Gasteiger partial charge in [-0.05, 0) is 6.07 Å². The van der Waals surface area contributed by atoms with Gasteiger partial charge in [-0.3, -0.25) is 0 Å². The Morgan fingerprint density at radius 2 is 2.09 bits per heavy atom. The zero-order valence-electron chi connectivity index (χ0n) is 12.3. The number of carboxylic acids is 1. The molecule has 0 spiro atoms. The van der Waals surface area contributed by atoms with E-state index in [4.69, 9.17) is 9.84 Å². The Morgan fingerprint density at radius 3 is 2.70 bits per heavy atom. The van der Waals surface area contributed by atoms with Crippen LogP contribution >= 0.6 is 0 Å². The number of para-hydroxylation sites is 1. The van der Waals surface area contributed by atoms with E-state index in [9.17, 15) is 22.8 Å². The van der Waals surface area contributed by atoms with E-state index < -0.39 is 24.7 Å². The number of aromatic carboxylic acids is 1. The van der Waals surface area contributed by atoms with Crippen LogP contribution < -0.4 is 4.74 Å². The van der Waals surface area contributed by atoms with Gasteiger partial charge in [0.1, 0.15) is 24.5 Å². The Kier molecular flexibility index (Phi) is 4.67. The monoisotopic (exact) mass is 332 g/mol. The number of nitrogens with zero attached hydrogens (tertiary/aromatic N) is 2. The normalized spacial score (nSPS) is 14.5. The molecule has 2 amide bonds. The van der Waals surface area contributed by atoms with E-state index >= 15 is 0 Å². The summed E-state index contributed by atoms with van der Waals surface area (Å²) < 4.78 is 42.6. The molecular weight excluding hydrogens is 317 g/mol. The molecule has 0 aromatic heterocycles. The number of ether oxygens (including phenoxy) is 1. The fourth-order valence-corrected chi connectivity index (χ4v) is 2.33. The minimum Gasteiger partial charge on any atom is -0.490 e. The number of amides is 2. The van der Waals surface area contributed by atoms with Crippen LogP contribution in [0.25, 0.3) is 0 Å². The number of carbonyl (C=O) groups excluding carboxylic acids is 1. The molecule has 0 saturated heterocycles. The summed E-state index contributed by atoms with van der Waals surface area (Å²) in [4.78, 5) is 25.1. The van der Waals surface area contributed by atoms with Crippen LogP contribution in [0.5, 0.6) is 5.75 Å².